The molecule has 1 aromatic rings. The largest absolute Gasteiger partial charge is 0.399 e. The zero-order chi connectivity index (χ0) is 11.5. The van der Waals surface area contributed by atoms with Crippen LogP contribution in [-0.4, -0.2) is 36.3 Å². The number of hydrogen-bond donors (Lipinski definition) is 2. The molecule has 1 fully saturated rings. The van der Waals surface area contributed by atoms with E-state index in [9.17, 15) is 9.50 Å². The SMILES string of the molecule is Nc1ccc(C(O)N2CCOCC2)c(F)c1. The molecule has 5 heteroatoms. The van der Waals surface area contributed by atoms with E-state index in [1.165, 1.54) is 12.1 Å². The Morgan fingerprint density at radius 2 is 2.06 bits per heavy atom. The highest BCUT2D eigenvalue weighted by atomic mass is 19.1. The van der Waals surface area contributed by atoms with Crippen molar-refractivity contribution in [3.8, 4) is 0 Å². The minimum Gasteiger partial charge on any atom is -0.399 e. The van der Waals surface area contributed by atoms with Crippen LogP contribution in [0.1, 0.15) is 11.8 Å². The van der Waals surface area contributed by atoms with Crippen LogP contribution in [0, 0.1) is 5.82 Å². The summed E-state index contributed by atoms with van der Waals surface area (Å²) >= 11 is 0. The van der Waals surface area contributed by atoms with Crippen LogP contribution in [0.3, 0.4) is 0 Å². The molecule has 0 radical (unpaired) electrons. The minimum atomic E-state index is -0.926. The Morgan fingerprint density at radius 1 is 1.38 bits per heavy atom. The van der Waals surface area contributed by atoms with Gasteiger partial charge in [0.2, 0.25) is 0 Å². The number of aliphatic hydroxyl groups is 1. The lowest BCUT2D eigenvalue weighted by Crippen LogP contribution is -2.39. The molecule has 2 rings (SSSR count). The quantitative estimate of drug-likeness (QED) is 0.730. The first-order valence-electron chi connectivity index (χ1n) is 5.23. The van der Waals surface area contributed by atoms with Gasteiger partial charge in [-0.1, -0.05) is 6.07 Å². The maximum Gasteiger partial charge on any atom is 0.136 e. The number of hydrogen-bond acceptors (Lipinski definition) is 4. The minimum absolute atomic E-state index is 0.260. The van der Waals surface area contributed by atoms with E-state index in [0.29, 0.717) is 32.0 Å². The molecule has 88 valence electrons. The Balaban J connectivity index is 2.15. The molecule has 16 heavy (non-hydrogen) atoms. The monoisotopic (exact) mass is 226 g/mol. The van der Waals surface area contributed by atoms with Gasteiger partial charge in [-0.2, -0.15) is 0 Å². The van der Waals surface area contributed by atoms with E-state index in [2.05, 4.69) is 0 Å². The first kappa shape index (κ1) is 11.3. The Morgan fingerprint density at radius 3 is 2.69 bits per heavy atom. The molecule has 4 nitrogen and oxygen atoms in total. The van der Waals surface area contributed by atoms with Gasteiger partial charge in [0.15, 0.2) is 0 Å². The normalized spacial score (nSPS) is 19.6. The lowest BCUT2D eigenvalue weighted by Gasteiger charge is -2.31. The van der Waals surface area contributed by atoms with Gasteiger partial charge in [-0.3, -0.25) is 4.90 Å². The summed E-state index contributed by atoms with van der Waals surface area (Å²) in [5.41, 5.74) is 6.07. The third-order valence-electron chi connectivity index (χ3n) is 2.69. The fraction of sp³-hybridized carbons (Fsp3) is 0.455. The van der Waals surface area contributed by atoms with Crippen molar-refractivity contribution in [1.82, 2.24) is 4.90 Å². The molecule has 3 N–H and O–H groups in total. The lowest BCUT2D eigenvalue weighted by atomic mass is 10.1. The smallest absolute Gasteiger partial charge is 0.136 e. The van der Waals surface area contributed by atoms with Crippen molar-refractivity contribution >= 4 is 5.69 Å². The third kappa shape index (κ3) is 2.32. The maximum absolute atomic E-state index is 13.6. The standard InChI is InChI=1S/C11H15FN2O2/c12-10-7-8(13)1-2-9(10)11(15)14-3-5-16-6-4-14/h1-2,7,11,15H,3-6,13H2. The number of ether oxygens (including phenoxy) is 1. The van der Waals surface area contributed by atoms with E-state index in [1.54, 1.807) is 11.0 Å². The van der Waals surface area contributed by atoms with Crippen molar-refractivity contribution in [2.75, 3.05) is 32.0 Å². The summed E-state index contributed by atoms with van der Waals surface area (Å²) < 4.78 is 18.7. The topological polar surface area (TPSA) is 58.7 Å². The molecule has 1 aliphatic heterocycles. The van der Waals surface area contributed by atoms with E-state index < -0.39 is 12.0 Å². The van der Waals surface area contributed by atoms with Crippen molar-refractivity contribution in [2.24, 2.45) is 0 Å². The Labute approximate surface area is 93.4 Å². The molecular formula is C11H15FN2O2. The molecule has 0 bridgehead atoms. The number of rotatable bonds is 2. The van der Waals surface area contributed by atoms with Crippen molar-refractivity contribution in [3.63, 3.8) is 0 Å². The Hall–Kier alpha value is -1.17. The molecule has 1 aliphatic rings. The van der Waals surface area contributed by atoms with Gasteiger partial charge in [0.25, 0.3) is 0 Å². The van der Waals surface area contributed by atoms with Gasteiger partial charge in [0.05, 0.1) is 13.2 Å². The van der Waals surface area contributed by atoms with Gasteiger partial charge in [-0.05, 0) is 12.1 Å². The van der Waals surface area contributed by atoms with E-state index >= 15 is 0 Å². The average Bonchev–Trinajstić information content (AvgIpc) is 2.29. The predicted octanol–water partition coefficient (Wildman–Crippen LogP) is 0.731. The van der Waals surface area contributed by atoms with Crippen LogP contribution in [0.25, 0.3) is 0 Å². The highest BCUT2D eigenvalue weighted by Gasteiger charge is 2.22. The van der Waals surface area contributed by atoms with E-state index in [1.807, 2.05) is 0 Å². The van der Waals surface area contributed by atoms with Gasteiger partial charge in [-0.15, -0.1) is 0 Å². The Bertz CT molecular complexity index is 367. The van der Waals surface area contributed by atoms with E-state index in [4.69, 9.17) is 10.5 Å². The first-order valence-corrected chi connectivity index (χ1v) is 5.23. The summed E-state index contributed by atoms with van der Waals surface area (Å²) in [5.74, 6) is -0.473. The second kappa shape index (κ2) is 4.78. The van der Waals surface area contributed by atoms with Gasteiger partial charge in [0.1, 0.15) is 12.0 Å². The van der Waals surface area contributed by atoms with Crippen LogP contribution < -0.4 is 5.73 Å². The molecule has 0 aromatic heterocycles. The summed E-state index contributed by atoms with van der Waals surface area (Å²) in [4.78, 5) is 1.78. The van der Waals surface area contributed by atoms with Crippen molar-refractivity contribution < 1.29 is 14.2 Å². The molecule has 1 unspecified atom stereocenters. The highest BCUT2D eigenvalue weighted by molar-refractivity contribution is 5.40. The van der Waals surface area contributed by atoms with Crippen LogP contribution in [0.5, 0.6) is 0 Å². The first-order chi connectivity index (χ1) is 7.68. The fourth-order valence-corrected chi connectivity index (χ4v) is 1.77. The molecular weight excluding hydrogens is 211 g/mol. The maximum atomic E-state index is 13.6. The van der Waals surface area contributed by atoms with Crippen molar-refractivity contribution in [3.05, 3.63) is 29.6 Å². The van der Waals surface area contributed by atoms with Crippen LogP contribution in [0.15, 0.2) is 18.2 Å². The van der Waals surface area contributed by atoms with Gasteiger partial charge >= 0.3 is 0 Å². The van der Waals surface area contributed by atoms with Crippen LogP contribution in [-0.2, 0) is 4.74 Å². The molecule has 0 aliphatic carbocycles. The number of halogens is 1. The number of benzene rings is 1. The van der Waals surface area contributed by atoms with Crippen molar-refractivity contribution in [1.29, 1.82) is 0 Å². The van der Waals surface area contributed by atoms with Crippen LogP contribution in [0.2, 0.25) is 0 Å². The van der Waals surface area contributed by atoms with Gasteiger partial charge < -0.3 is 15.6 Å². The summed E-state index contributed by atoms with van der Waals surface area (Å²) in [7, 11) is 0. The predicted molar refractivity (Wildman–Crippen MR) is 58.2 cm³/mol. The van der Waals surface area contributed by atoms with E-state index in [0.717, 1.165) is 0 Å². The summed E-state index contributed by atoms with van der Waals surface area (Å²) in [5, 5.41) is 10.0. The molecule has 0 amide bonds. The number of aliphatic hydroxyl groups excluding tert-OH is 1. The molecule has 0 spiro atoms. The molecule has 1 atom stereocenters. The third-order valence-corrected chi connectivity index (χ3v) is 2.69. The average molecular weight is 226 g/mol. The van der Waals surface area contributed by atoms with E-state index in [-0.39, 0.29) is 5.56 Å². The summed E-state index contributed by atoms with van der Waals surface area (Å²) in [6, 6.07) is 4.33. The number of morpholine rings is 1. The molecule has 1 saturated heterocycles. The number of anilines is 1. The van der Waals surface area contributed by atoms with Crippen molar-refractivity contribution in [2.45, 2.75) is 6.23 Å². The Kier molecular flexibility index (Phi) is 3.38. The number of nitrogen functional groups attached to an aromatic ring is 1. The zero-order valence-corrected chi connectivity index (χ0v) is 8.90. The molecule has 1 aromatic carbocycles. The van der Waals surface area contributed by atoms with Crippen LogP contribution >= 0.6 is 0 Å². The highest BCUT2D eigenvalue weighted by Crippen LogP contribution is 2.23. The zero-order valence-electron chi connectivity index (χ0n) is 8.90. The summed E-state index contributed by atoms with van der Waals surface area (Å²) in [6.07, 6.45) is -0.926. The van der Waals surface area contributed by atoms with Gasteiger partial charge in [0, 0.05) is 24.3 Å². The summed E-state index contributed by atoms with van der Waals surface area (Å²) in [6.45, 7) is 2.33. The second-order valence-electron chi connectivity index (χ2n) is 3.80. The van der Waals surface area contributed by atoms with Crippen LogP contribution in [0.4, 0.5) is 10.1 Å². The molecule has 0 saturated carbocycles. The van der Waals surface area contributed by atoms with Gasteiger partial charge in [-0.25, -0.2) is 4.39 Å². The fourth-order valence-electron chi connectivity index (χ4n) is 1.77. The number of nitrogens with two attached hydrogens (primary N) is 1. The lowest BCUT2D eigenvalue weighted by molar-refractivity contribution is -0.0617. The molecule has 1 heterocycles. The number of nitrogens with zero attached hydrogens (tertiary/aromatic N) is 1. The second-order valence-corrected chi connectivity index (χ2v) is 3.80.